The summed E-state index contributed by atoms with van der Waals surface area (Å²) in [5.41, 5.74) is 1.33. The van der Waals surface area contributed by atoms with Crippen molar-refractivity contribution in [1.29, 1.82) is 0 Å². The van der Waals surface area contributed by atoms with Gasteiger partial charge in [0.1, 0.15) is 0 Å². The molecule has 0 fully saturated rings. The van der Waals surface area contributed by atoms with E-state index in [0.29, 0.717) is 5.92 Å². The second kappa shape index (κ2) is 6.30. The third-order valence-corrected chi connectivity index (χ3v) is 5.41. The molecule has 0 saturated heterocycles. The second-order valence-electron chi connectivity index (χ2n) is 4.46. The largest absolute Gasteiger partial charge is 0.536 e. The Kier molecular flexibility index (Phi) is 5.33. The highest BCUT2D eigenvalue weighted by atomic mass is 28.4. The molecule has 3 nitrogen and oxygen atoms in total. The highest BCUT2D eigenvalue weighted by Gasteiger charge is 2.40. The molecule has 0 amide bonds. The standard InChI is InChI=1S/C13H22O3Si/c1-11(2)10-12-6-8-13(9-7-12)17(14-3,15-4)16-5/h6-9,11H,10H2,1-5H3. The molecule has 0 aliphatic rings. The number of rotatable bonds is 6. The summed E-state index contributed by atoms with van der Waals surface area (Å²) < 4.78 is 16.3. The zero-order valence-electron chi connectivity index (χ0n) is 11.3. The fourth-order valence-corrected chi connectivity index (χ4v) is 3.70. The molecule has 4 heteroatoms. The summed E-state index contributed by atoms with van der Waals surface area (Å²) in [6, 6.07) is 8.32. The van der Waals surface area contributed by atoms with Gasteiger partial charge in [-0.05, 0) is 17.9 Å². The summed E-state index contributed by atoms with van der Waals surface area (Å²) >= 11 is 0. The Bertz CT molecular complexity index is 323. The fraction of sp³-hybridized carbons (Fsp3) is 0.538. The van der Waals surface area contributed by atoms with Crippen molar-refractivity contribution in [2.75, 3.05) is 21.3 Å². The Morgan fingerprint density at radius 1 is 0.941 bits per heavy atom. The Hall–Kier alpha value is -0.683. The lowest BCUT2D eigenvalue weighted by molar-refractivity contribution is 0.140. The summed E-state index contributed by atoms with van der Waals surface area (Å²) in [7, 11) is 2.22. The molecule has 1 rings (SSSR count). The van der Waals surface area contributed by atoms with E-state index in [4.69, 9.17) is 13.3 Å². The summed E-state index contributed by atoms with van der Waals surface area (Å²) in [5, 5.41) is 0.998. The molecule has 0 atom stereocenters. The van der Waals surface area contributed by atoms with E-state index < -0.39 is 8.80 Å². The molecule has 0 radical (unpaired) electrons. The smallest absolute Gasteiger partial charge is 0.373 e. The third-order valence-electron chi connectivity index (χ3n) is 2.76. The minimum absolute atomic E-state index is 0.662. The zero-order chi connectivity index (χ0) is 12.9. The van der Waals surface area contributed by atoms with E-state index in [1.165, 1.54) is 5.56 Å². The van der Waals surface area contributed by atoms with Gasteiger partial charge in [-0.2, -0.15) is 0 Å². The van der Waals surface area contributed by atoms with E-state index in [1.54, 1.807) is 21.3 Å². The normalized spacial score (nSPS) is 12.1. The van der Waals surface area contributed by atoms with Crippen LogP contribution in [-0.4, -0.2) is 30.1 Å². The van der Waals surface area contributed by atoms with Crippen LogP contribution in [0.25, 0.3) is 0 Å². The van der Waals surface area contributed by atoms with Gasteiger partial charge < -0.3 is 13.3 Å². The van der Waals surface area contributed by atoms with Crippen LogP contribution in [0, 0.1) is 5.92 Å². The van der Waals surface area contributed by atoms with Crippen LogP contribution >= 0.6 is 0 Å². The van der Waals surface area contributed by atoms with E-state index >= 15 is 0 Å². The molecule has 0 aliphatic heterocycles. The maximum Gasteiger partial charge on any atom is 0.536 e. The average molecular weight is 254 g/mol. The highest BCUT2D eigenvalue weighted by molar-refractivity contribution is 6.75. The van der Waals surface area contributed by atoms with Crippen LogP contribution in [0.1, 0.15) is 19.4 Å². The Morgan fingerprint density at radius 3 is 1.76 bits per heavy atom. The maximum absolute atomic E-state index is 5.44. The Morgan fingerprint density at radius 2 is 1.41 bits per heavy atom. The van der Waals surface area contributed by atoms with E-state index in [1.807, 2.05) is 12.1 Å². The lowest BCUT2D eigenvalue weighted by Gasteiger charge is -2.24. The first kappa shape index (κ1) is 14.4. The number of benzene rings is 1. The predicted molar refractivity (Wildman–Crippen MR) is 71.4 cm³/mol. The van der Waals surface area contributed by atoms with Crippen LogP contribution in [-0.2, 0) is 19.7 Å². The number of hydrogen-bond acceptors (Lipinski definition) is 3. The molecule has 0 bridgehead atoms. The Balaban J connectivity index is 2.92. The molecule has 0 spiro atoms. The minimum atomic E-state index is -2.66. The van der Waals surface area contributed by atoms with Crippen molar-refractivity contribution >= 4 is 14.0 Å². The maximum atomic E-state index is 5.44. The first-order chi connectivity index (χ1) is 8.07. The summed E-state index contributed by atoms with van der Waals surface area (Å²) in [6.45, 7) is 4.43. The van der Waals surface area contributed by atoms with Crippen LogP contribution in [0.5, 0.6) is 0 Å². The quantitative estimate of drug-likeness (QED) is 0.727. The van der Waals surface area contributed by atoms with Crippen molar-refractivity contribution in [3.63, 3.8) is 0 Å². The minimum Gasteiger partial charge on any atom is -0.373 e. The van der Waals surface area contributed by atoms with Gasteiger partial charge in [-0.3, -0.25) is 0 Å². The van der Waals surface area contributed by atoms with Crippen molar-refractivity contribution < 1.29 is 13.3 Å². The van der Waals surface area contributed by atoms with Crippen LogP contribution in [0.2, 0.25) is 0 Å². The van der Waals surface area contributed by atoms with E-state index in [0.717, 1.165) is 11.6 Å². The lowest BCUT2D eigenvalue weighted by Crippen LogP contribution is -2.54. The van der Waals surface area contributed by atoms with E-state index in [-0.39, 0.29) is 0 Å². The van der Waals surface area contributed by atoms with Gasteiger partial charge in [-0.15, -0.1) is 0 Å². The molecule has 96 valence electrons. The number of hydrogen-bond donors (Lipinski definition) is 0. The molecular formula is C13H22O3Si. The van der Waals surface area contributed by atoms with Gasteiger partial charge in [0, 0.05) is 26.5 Å². The van der Waals surface area contributed by atoms with Crippen LogP contribution in [0.4, 0.5) is 0 Å². The topological polar surface area (TPSA) is 27.7 Å². The van der Waals surface area contributed by atoms with Gasteiger partial charge in [-0.25, -0.2) is 0 Å². The summed E-state index contributed by atoms with van der Waals surface area (Å²) in [4.78, 5) is 0. The van der Waals surface area contributed by atoms with Gasteiger partial charge >= 0.3 is 8.80 Å². The van der Waals surface area contributed by atoms with Crippen molar-refractivity contribution in [2.45, 2.75) is 20.3 Å². The molecule has 1 aromatic carbocycles. The molecule has 0 saturated carbocycles. The first-order valence-electron chi connectivity index (χ1n) is 5.82. The van der Waals surface area contributed by atoms with Gasteiger partial charge in [-0.1, -0.05) is 38.1 Å². The molecule has 17 heavy (non-hydrogen) atoms. The monoisotopic (exact) mass is 254 g/mol. The van der Waals surface area contributed by atoms with E-state index in [9.17, 15) is 0 Å². The van der Waals surface area contributed by atoms with Gasteiger partial charge in [0.15, 0.2) is 0 Å². The van der Waals surface area contributed by atoms with Crippen LogP contribution < -0.4 is 5.19 Å². The third kappa shape index (κ3) is 3.39. The summed E-state index contributed by atoms with van der Waals surface area (Å²) in [5.74, 6) is 0.662. The van der Waals surface area contributed by atoms with Gasteiger partial charge in [0.2, 0.25) is 0 Å². The molecule has 1 aromatic rings. The van der Waals surface area contributed by atoms with Crippen LogP contribution in [0.3, 0.4) is 0 Å². The zero-order valence-corrected chi connectivity index (χ0v) is 12.3. The molecule has 0 heterocycles. The SMILES string of the molecule is CO[Si](OC)(OC)c1ccc(CC(C)C)cc1. The molecular weight excluding hydrogens is 232 g/mol. The van der Waals surface area contributed by atoms with Crippen LogP contribution in [0.15, 0.2) is 24.3 Å². The molecule has 0 aliphatic carbocycles. The first-order valence-corrected chi connectivity index (χ1v) is 7.55. The second-order valence-corrected chi connectivity index (χ2v) is 7.38. The molecule has 0 N–H and O–H groups in total. The average Bonchev–Trinajstić information content (AvgIpc) is 2.33. The highest BCUT2D eigenvalue weighted by Crippen LogP contribution is 2.10. The molecule has 0 aromatic heterocycles. The van der Waals surface area contributed by atoms with Crippen molar-refractivity contribution in [3.05, 3.63) is 29.8 Å². The van der Waals surface area contributed by atoms with E-state index in [2.05, 4.69) is 26.0 Å². The Labute approximate surface area is 105 Å². The van der Waals surface area contributed by atoms with Crippen molar-refractivity contribution in [1.82, 2.24) is 0 Å². The van der Waals surface area contributed by atoms with Crippen molar-refractivity contribution in [2.24, 2.45) is 5.92 Å². The summed E-state index contributed by atoms with van der Waals surface area (Å²) in [6.07, 6.45) is 1.09. The lowest BCUT2D eigenvalue weighted by atomic mass is 10.0. The van der Waals surface area contributed by atoms with Gasteiger partial charge in [0.25, 0.3) is 0 Å². The van der Waals surface area contributed by atoms with Crippen molar-refractivity contribution in [3.8, 4) is 0 Å². The fourth-order valence-electron chi connectivity index (χ4n) is 1.92. The molecule has 0 unspecified atom stereocenters. The predicted octanol–water partition coefficient (Wildman–Crippen LogP) is 1.97. The van der Waals surface area contributed by atoms with Gasteiger partial charge in [0.05, 0.1) is 0 Å².